The van der Waals surface area contributed by atoms with Crippen LogP contribution in [0, 0.1) is 11.3 Å². The minimum Gasteiger partial charge on any atom is -0.495 e. The molecule has 1 aliphatic heterocycles. The first-order valence-electron chi connectivity index (χ1n) is 8.18. The van der Waals surface area contributed by atoms with Gasteiger partial charge in [-0.25, -0.2) is 0 Å². The molecule has 0 atom stereocenters. The fourth-order valence-corrected chi connectivity index (χ4v) is 3.09. The maximum Gasteiger partial charge on any atom is 0.267 e. The van der Waals surface area contributed by atoms with Crippen LogP contribution in [0.15, 0.2) is 54.2 Å². The highest BCUT2D eigenvalue weighted by Crippen LogP contribution is 2.28. The first-order chi connectivity index (χ1) is 12.6. The minimum absolute atomic E-state index is 0.0337. The molecule has 2 aromatic carbocycles. The lowest BCUT2D eigenvalue weighted by Gasteiger charge is -2.27. The van der Waals surface area contributed by atoms with Gasteiger partial charge in [0, 0.05) is 24.3 Å². The smallest absolute Gasteiger partial charge is 0.267 e. The number of hydrogen-bond acceptors (Lipinski definition) is 4. The van der Waals surface area contributed by atoms with Crippen LogP contribution in [0.5, 0.6) is 5.75 Å². The van der Waals surface area contributed by atoms with Crippen molar-refractivity contribution in [1.29, 1.82) is 5.26 Å². The lowest BCUT2D eigenvalue weighted by atomic mass is 10.0. The lowest BCUT2D eigenvalue weighted by Crippen LogP contribution is -2.27. The molecule has 0 unspecified atom stereocenters. The Balaban J connectivity index is 1.77. The summed E-state index contributed by atoms with van der Waals surface area (Å²) in [5.74, 6) is -0.0149. The van der Waals surface area contributed by atoms with Gasteiger partial charge in [0.1, 0.15) is 17.4 Å². The summed E-state index contributed by atoms with van der Waals surface area (Å²) in [7, 11) is 1.51. The average Bonchev–Trinajstić information content (AvgIpc) is 2.66. The molecule has 0 aromatic heterocycles. The van der Waals surface area contributed by atoms with Crippen LogP contribution >= 0.6 is 11.6 Å². The Kier molecular flexibility index (Phi) is 5.45. The van der Waals surface area contributed by atoms with E-state index in [1.807, 2.05) is 23.1 Å². The molecule has 0 aliphatic carbocycles. The Labute approximate surface area is 157 Å². The van der Waals surface area contributed by atoms with Crippen molar-refractivity contribution >= 4 is 23.2 Å². The number of anilines is 1. The molecule has 5 nitrogen and oxygen atoms in total. The topological polar surface area (TPSA) is 65.4 Å². The number of amides is 1. The second kappa shape index (κ2) is 7.94. The average molecular weight is 368 g/mol. The third-order valence-corrected chi connectivity index (χ3v) is 4.48. The van der Waals surface area contributed by atoms with E-state index in [0.717, 1.165) is 13.0 Å². The van der Waals surface area contributed by atoms with E-state index in [-0.39, 0.29) is 5.57 Å². The summed E-state index contributed by atoms with van der Waals surface area (Å²) >= 11 is 5.98. The Morgan fingerprint density at radius 3 is 2.81 bits per heavy atom. The molecule has 0 spiro atoms. The molecular weight excluding hydrogens is 350 g/mol. The number of rotatable bonds is 4. The molecular formula is C20H18ClN3O2. The number of nitrogens with one attached hydrogen (secondary N) is 1. The molecule has 0 radical (unpaired) electrons. The first kappa shape index (κ1) is 17.8. The van der Waals surface area contributed by atoms with Gasteiger partial charge in [-0.3, -0.25) is 4.79 Å². The van der Waals surface area contributed by atoms with E-state index in [1.165, 1.54) is 18.2 Å². The Morgan fingerprint density at radius 2 is 2.08 bits per heavy atom. The lowest BCUT2D eigenvalue weighted by molar-refractivity contribution is -0.112. The number of benzene rings is 2. The summed E-state index contributed by atoms with van der Waals surface area (Å²) in [6.07, 6.45) is 2.50. The molecule has 0 bridgehead atoms. The van der Waals surface area contributed by atoms with Crippen molar-refractivity contribution in [2.75, 3.05) is 19.0 Å². The summed E-state index contributed by atoms with van der Waals surface area (Å²) in [5.41, 5.74) is 2.98. The van der Waals surface area contributed by atoms with Gasteiger partial charge in [-0.2, -0.15) is 5.26 Å². The van der Waals surface area contributed by atoms with Crippen molar-refractivity contribution in [2.24, 2.45) is 0 Å². The number of ether oxygens (including phenoxy) is 1. The van der Waals surface area contributed by atoms with Crippen LogP contribution in [0.2, 0.25) is 5.02 Å². The predicted octanol–water partition coefficient (Wildman–Crippen LogP) is 3.75. The third kappa shape index (κ3) is 3.98. The van der Waals surface area contributed by atoms with Gasteiger partial charge in [0.05, 0.1) is 12.8 Å². The highest BCUT2D eigenvalue weighted by molar-refractivity contribution is 6.31. The maximum absolute atomic E-state index is 12.5. The monoisotopic (exact) mass is 367 g/mol. The number of nitriles is 1. The second-order valence-corrected chi connectivity index (χ2v) is 6.38. The van der Waals surface area contributed by atoms with E-state index in [9.17, 15) is 10.1 Å². The SMILES string of the molecule is COc1ccc(Cl)cc1NC(=O)/C(C#N)=C\N1CCc2ccccc2C1. The summed E-state index contributed by atoms with van der Waals surface area (Å²) in [6, 6.07) is 15.1. The molecule has 0 saturated heterocycles. The van der Waals surface area contributed by atoms with Crippen molar-refractivity contribution in [3.8, 4) is 11.8 Å². The summed E-state index contributed by atoms with van der Waals surface area (Å²) in [5, 5.41) is 12.6. The van der Waals surface area contributed by atoms with E-state index in [4.69, 9.17) is 16.3 Å². The Hall–Kier alpha value is -2.97. The van der Waals surface area contributed by atoms with Gasteiger partial charge in [-0.1, -0.05) is 35.9 Å². The van der Waals surface area contributed by atoms with Crippen molar-refractivity contribution in [3.05, 3.63) is 70.4 Å². The van der Waals surface area contributed by atoms with Crippen LogP contribution in [0.4, 0.5) is 5.69 Å². The number of methoxy groups -OCH3 is 1. The van der Waals surface area contributed by atoms with E-state index in [0.29, 0.717) is 23.0 Å². The fourth-order valence-electron chi connectivity index (χ4n) is 2.92. The third-order valence-electron chi connectivity index (χ3n) is 4.25. The summed E-state index contributed by atoms with van der Waals surface area (Å²) in [4.78, 5) is 14.5. The molecule has 1 N–H and O–H groups in total. The van der Waals surface area contributed by atoms with Gasteiger partial charge < -0.3 is 15.0 Å². The zero-order valence-corrected chi connectivity index (χ0v) is 15.1. The van der Waals surface area contributed by atoms with Gasteiger partial charge in [-0.05, 0) is 35.7 Å². The zero-order chi connectivity index (χ0) is 18.5. The molecule has 132 valence electrons. The van der Waals surface area contributed by atoms with Gasteiger partial charge in [-0.15, -0.1) is 0 Å². The number of carbonyl (C=O) groups excluding carboxylic acids is 1. The maximum atomic E-state index is 12.5. The van der Waals surface area contributed by atoms with Crippen molar-refractivity contribution < 1.29 is 9.53 Å². The highest BCUT2D eigenvalue weighted by atomic mass is 35.5. The number of nitrogens with zero attached hydrogens (tertiary/aromatic N) is 2. The molecule has 6 heteroatoms. The second-order valence-electron chi connectivity index (χ2n) is 5.94. The van der Waals surface area contributed by atoms with Gasteiger partial charge in [0.2, 0.25) is 0 Å². The normalized spacial score (nSPS) is 13.6. The summed E-state index contributed by atoms with van der Waals surface area (Å²) in [6.45, 7) is 1.44. The first-order valence-corrected chi connectivity index (χ1v) is 8.56. The van der Waals surface area contributed by atoms with Gasteiger partial charge in [0.25, 0.3) is 5.91 Å². The van der Waals surface area contributed by atoms with Crippen molar-refractivity contribution in [3.63, 3.8) is 0 Å². The number of fused-ring (bicyclic) bond motifs is 1. The highest BCUT2D eigenvalue weighted by Gasteiger charge is 2.17. The molecule has 1 amide bonds. The van der Waals surface area contributed by atoms with Crippen LogP contribution < -0.4 is 10.1 Å². The molecule has 1 aliphatic rings. The van der Waals surface area contributed by atoms with Gasteiger partial charge in [0.15, 0.2) is 0 Å². The Bertz CT molecular complexity index is 902. The van der Waals surface area contributed by atoms with E-state index >= 15 is 0 Å². The standard InChI is InChI=1S/C20H18ClN3O2/c1-26-19-7-6-17(21)10-18(19)23-20(25)16(11-22)13-24-9-8-14-4-2-3-5-15(14)12-24/h2-7,10,13H,8-9,12H2,1H3,(H,23,25)/b16-13-. The number of hydrogen-bond donors (Lipinski definition) is 1. The van der Waals surface area contributed by atoms with E-state index in [2.05, 4.69) is 17.4 Å². The van der Waals surface area contributed by atoms with Crippen LogP contribution in [-0.4, -0.2) is 24.5 Å². The minimum atomic E-state index is -0.494. The van der Waals surface area contributed by atoms with E-state index in [1.54, 1.807) is 24.4 Å². The molecule has 1 heterocycles. The van der Waals surface area contributed by atoms with E-state index < -0.39 is 5.91 Å². The number of halogens is 1. The fraction of sp³-hybridized carbons (Fsp3) is 0.200. The molecule has 2 aromatic rings. The zero-order valence-electron chi connectivity index (χ0n) is 14.3. The van der Waals surface area contributed by atoms with Crippen molar-refractivity contribution in [2.45, 2.75) is 13.0 Å². The molecule has 3 rings (SSSR count). The molecule has 26 heavy (non-hydrogen) atoms. The van der Waals surface area contributed by atoms with Crippen LogP contribution in [0.3, 0.4) is 0 Å². The predicted molar refractivity (Wildman–Crippen MR) is 101 cm³/mol. The van der Waals surface area contributed by atoms with Crippen molar-refractivity contribution in [1.82, 2.24) is 4.90 Å². The number of carbonyl (C=O) groups is 1. The van der Waals surface area contributed by atoms with Gasteiger partial charge >= 0.3 is 0 Å². The van der Waals surface area contributed by atoms with Crippen LogP contribution in [-0.2, 0) is 17.8 Å². The van der Waals surface area contributed by atoms with Crippen LogP contribution in [0.25, 0.3) is 0 Å². The Morgan fingerprint density at radius 1 is 1.31 bits per heavy atom. The molecule has 0 saturated carbocycles. The molecule has 0 fully saturated rings. The largest absolute Gasteiger partial charge is 0.495 e. The summed E-state index contributed by atoms with van der Waals surface area (Å²) < 4.78 is 5.22. The quantitative estimate of drug-likeness (QED) is 0.660. The van der Waals surface area contributed by atoms with Crippen LogP contribution in [0.1, 0.15) is 11.1 Å².